The van der Waals surface area contributed by atoms with Crippen molar-refractivity contribution in [3.63, 3.8) is 0 Å². The molecular weight excluding hydrogens is 296 g/mol. The van der Waals surface area contributed by atoms with E-state index < -0.39 is 0 Å². The molecule has 96 valence electrons. The third-order valence-electron chi connectivity index (χ3n) is 3.99. The molecule has 1 atom stereocenters. The molecular formula is C13H21BrN2S. The third-order valence-corrected chi connectivity index (χ3v) is 5.80. The summed E-state index contributed by atoms with van der Waals surface area (Å²) in [6.45, 7) is 3.34. The van der Waals surface area contributed by atoms with E-state index in [0.717, 1.165) is 6.54 Å². The van der Waals surface area contributed by atoms with E-state index in [1.54, 1.807) is 0 Å². The van der Waals surface area contributed by atoms with E-state index in [1.807, 2.05) is 11.3 Å². The average Bonchev–Trinajstić information content (AvgIpc) is 2.62. The summed E-state index contributed by atoms with van der Waals surface area (Å²) in [6.07, 6.45) is 4.03. The van der Waals surface area contributed by atoms with E-state index >= 15 is 0 Å². The SMILES string of the molecule is CC(NCC1(N(C)C)CCC1)c1ccc(Br)s1. The Morgan fingerprint density at radius 1 is 1.47 bits per heavy atom. The minimum absolute atomic E-state index is 0.406. The Balaban J connectivity index is 1.89. The standard InChI is InChI=1S/C13H21BrN2S/c1-10(11-5-6-12(14)17-11)15-9-13(16(2)3)7-4-8-13/h5-6,10,15H,4,7-9H2,1-3H3. The van der Waals surface area contributed by atoms with Gasteiger partial charge in [0.1, 0.15) is 0 Å². The molecule has 0 amide bonds. The highest BCUT2D eigenvalue weighted by atomic mass is 79.9. The van der Waals surface area contributed by atoms with Gasteiger partial charge in [0.15, 0.2) is 0 Å². The van der Waals surface area contributed by atoms with Gasteiger partial charge in [-0.25, -0.2) is 0 Å². The number of likely N-dealkylation sites (N-methyl/N-ethyl adjacent to an activating group) is 1. The molecule has 0 aliphatic heterocycles. The number of nitrogens with one attached hydrogen (secondary N) is 1. The lowest BCUT2D eigenvalue weighted by Crippen LogP contribution is -2.56. The van der Waals surface area contributed by atoms with Crippen molar-refractivity contribution in [2.75, 3.05) is 20.6 Å². The molecule has 1 aromatic heterocycles. The fourth-order valence-electron chi connectivity index (χ4n) is 2.37. The first-order valence-corrected chi connectivity index (χ1v) is 7.80. The average molecular weight is 317 g/mol. The smallest absolute Gasteiger partial charge is 0.0701 e. The Morgan fingerprint density at radius 3 is 2.59 bits per heavy atom. The topological polar surface area (TPSA) is 15.3 Å². The van der Waals surface area contributed by atoms with Crippen molar-refractivity contribution >= 4 is 27.3 Å². The lowest BCUT2D eigenvalue weighted by atomic mass is 9.75. The Morgan fingerprint density at radius 2 is 2.18 bits per heavy atom. The van der Waals surface area contributed by atoms with Crippen LogP contribution in [0.3, 0.4) is 0 Å². The van der Waals surface area contributed by atoms with Crippen molar-refractivity contribution in [2.45, 2.75) is 37.8 Å². The van der Waals surface area contributed by atoms with Crippen LogP contribution in [0.25, 0.3) is 0 Å². The van der Waals surface area contributed by atoms with Gasteiger partial charge in [-0.15, -0.1) is 11.3 Å². The summed E-state index contributed by atoms with van der Waals surface area (Å²) in [5.74, 6) is 0. The quantitative estimate of drug-likeness (QED) is 0.892. The number of hydrogen-bond acceptors (Lipinski definition) is 3. The molecule has 1 aromatic rings. The maximum atomic E-state index is 3.68. The summed E-state index contributed by atoms with van der Waals surface area (Å²) in [5, 5.41) is 3.68. The molecule has 1 aliphatic rings. The second-order valence-electron chi connectivity index (χ2n) is 5.22. The Kier molecular flexibility index (Phi) is 4.29. The van der Waals surface area contributed by atoms with Gasteiger partial charge in [0.2, 0.25) is 0 Å². The zero-order chi connectivity index (χ0) is 12.5. The number of nitrogens with zero attached hydrogens (tertiary/aromatic N) is 1. The lowest BCUT2D eigenvalue weighted by Gasteiger charge is -2.48. The fraction of sp³-hybridized carbons (Fsp3) is 0.692. The minimum Gasteiger partial charge on any atom is -0.308 e. The minimum atomic E-state index is 0.406. The zero-order valence-corrected chi connectivity index (χ0v) is 13.2. The van der Waals surface area contributed by atoms with Gasteiger partial charge in [0.25, 0.3) is 0 Å². The van der Waals surface area contributed by atoms with E-state index in [2.05, 4.69) is 59.3 Å². The molecule has 1 fully saturated rings. The molecule has 0 spiro atoms. The van der Waals surface area contributed by atoms with Crippen LogP contribution in [0.5, 0.6) is 0 Å². The Bertz CT molecular complexity index is 371. The van der Waals surface area contributed by atoms with Crippen molar-refractivity contribution in [3.8, 4) is 0 Å². The summed E-state index contributed by atoms with van der Waals surface area (Å²) in [7, 11) is 4.40. The first kappa shape index (κ1) is 13.5. The summed E-state index contributed by atoms with van der Waals surface area (Å²) in [6, 6.07) is 4.78. The third kappa shape index (κ3) is 2.92. The van der Waals surface area contributed by atoms with E-state index in [9.17, 15) is 0 Å². The molecule has 0 radical (unpaired) electrons. The first-order chi connectivity index (χ1) is 8.03. The highest BCUT2D eigenvalue weighted by molar-refractivity contribution is 9.11. The molecule has 4 heteroatoms. The van der Waals surface area contributed by atoms with Crippen molar-refractivity contribution in [1.29, 1.82) is 0 Å². The molecule has 1 saturated carbocycles. The molecule has 2 rings (SSSR count). The molecule has 0 bridgehead atoms. The Hall–Kier alpha value is 0.1000. The van der Waals surface area contributed by atoms with Gasteiger partial charge in [-0.2, -0.15) is 0 Å². The van der Waals surface area contributed by atoms with Crippen LogP contribution in [0.1, 0.15) is 37.1 Å². The van der Waals surface area contributed by atoms with E-state index in [1.165, 1.54) is 27.9 Å². The summed E-state index contributed by atoms with van der Waals surface area (Å²) >= 11 is 5.34. The highest BCUT2D eigenvalue weighted by Crippen LogP contribution is 2.36. The van der Waals surface area contributed by atoms with Crippen LogP contribution in [-0.2, 0) is 0 Å². The van der Waals surface area contributed by atoms with Crippen LogP contribution in [0.4, 0.5) is 0 Å². The van der Waals surface area contributed by atoms with Gasteiger partial charge in [-0.1, -0.05) is 0 Å². The molecule has 17 heavy (non-hydrogen) atoms. The van der Waals surface area contributed by atoms with Crippen LogP contribution in [0.2, 0.25) is 0 Å². The normalized spacial score (nSPS) is 20.3. The highest BCUT2D eigenvalue weighted by Gasteiger charge is 2.38. The predicted octanol–water partition coefficient (Wildman–Crippen LogP) is 3.65. The molecule has 0 aromatic carbocycles. The number of thiophene rings is 1. The largest absolute Gasteiger partial charge is 0.308 e. The van der Waals surface area contributed by atoms with Crippen molar-refractivity contribution in [1.82, 2.24) is 10.2 Å². The lowest BCUT2D eigenvalue weighted by molar-refractivity contribution is 0.0577. The van der Waals surface area contributed by atoms with Gasteiger partial charge in [0.05, 0.1) is 3.79 Å². The zero-order valence-electron chi connectivity index (χ0n) is 10.8. The van der Waals surface area contributed by atoms with Crippen molar-refractivity contribution in [3.05, 3.63) is 20.8 Å². The predicted molar refractivity (Wildman–Crippen MR) is 78.7 cm³/mol. The second kappa shape index (κ2) is 5.39. The van der Waals surface area contributed by atoms with Gasteiger partial charge in [-0.05, 0) is 68.3 Å². The van der Waals surface area contributed by atoms with Gasteiger partial charge in [0, 0.05) is 23.0 Å². The molecule has 1 aliphatic carbocycles. The monoisotopic (exact) mass is 316 g/mol. The van der Waals surface area contributed by atoms with Crippen LogP contribution in [0.15, 0.2) is 15.9 Å². The van der Waals surface area contributed by atoms with Crippen LogP contribution >= 0.6 is 27.3 Å². The Labute approximate surface area is 117 Å². The van der Waals surface area contributed by atoms with Crippen LogP contribution in [0, 0.1) is 0 Å². The summed E-state index contributed by atoms with van der Waals surface area (Å²) in [5.41, 5.74) is 0.406. The maximum absolute atomic E-state index is 3.68. The van der Waals surface area contributed by atoms with Gasteiger partial charge < -0.3 is 10.2 Å². The van der Waals surface area contributed by atoms with Crippen molar-refractivity contribution in [2.24, 2.45) is 0 Å². The summed E-state index contributed by atoms with van der Waals surface area (Å²) in [4.78, 5) is 3.80. The van der Waals surface area contributed by atoms with Crippen LogP contribution in [-0.4, -0.2) is 31.1 Å². The van der Waals surface area contributed by atoms with Crippen LogP contribution < -0.4 is 5.32 Å². The van der Waals surface area contributed by atoms with E-state index in [0.29, 0.717) is 11.6 Å². The second-order valence-corrected chi connectivity index (χ2v) is 7.71. The molecule has 1 unspecified atom stereocenters. The molecule has 0 saturated heterocycles. The number of hydrogen-bond donors (Lipinski definition) is 1. The number of rotatable bonds is 5. The van der Waals surface area contributed by atoms with Gasteiger partial charge in [-0.3, -0.25) is 0 Å². The fourth-order valence-corrected chi connectivity index (χ4v) is 3.82. The maximum Gasteiger partial charge on any atom is 0.0701 e. The summed E-state index contributed by atoms with van der Waals surface area (Å²) < 4.78 is 1.21. The molecule has 1 N–H and O–H groups in total. The van der Waals surface area contributed by atoms with E-state index in [-0.39, 0.29) is 0 Å². The molecule has 2 nitrogen and oxygen atoms in total. The van der Waals surface area contributed by atoms with Crippen molar-refractivity contribution < 1.29 is 0 Å². The van der Waals surface area contributed by atoms with Gasteiger partial charge >= 0.3 is 0 Å². The molecule has 1 heterocycles. The first-order valence-electron chi connectivity index (χ1n) is 6.19. The van der Waals surface area contributed by atoms with E-state index in [4.69, 9.17) is 0 Å². The number of halogens is 1.